The number of nitrogens with zero attached hydrogens (tertiary/aromatic N) is 4. The van der Waals surface area contributed by atoms with Gasteiger partial charge in [0.1, 0.15) is 18.7 Å². The fourth-order valence-electron chi connectivity index (χ4n) is 6.92. The van der Waals surface area contributed by atoms with E-state index in [1.54, 1.807) is 16.2 Å². The molecule has 10 heteroatoms. The summed E-state index contributed by atoms with van der Waals surface area (Å²) in [5, 5.41) is 6.19. The minimum absolute atomic E-state index is 0.0311. The van der Waals surface area contributed by atoms with Gasteiger partial charge in [-0.1, -0.05) is 38.8 Å². The van der Waals surface area contributed by atoms with Gasteiger partial charge in [-0.3, -0.25) is 14.4 Å². The third kappa shape index (κ3) is 5.66. The molecule has 1 aromatic carbocycles. The van der Waals surface area contributed by atoms with Gasteiger partial charge >= 0.3 is 0 Å². The van der Waals surface area contributed by atoms with Crippen LogP contribution < -0.4 is 10.2 Å². The van der Waals surface area contributed by atoms with Crippen molar-refractivity contribution in [1.82, 2.24) is 20.1 Å². The van der Waals surface area contributed by atoms with Crippen LogP contribution in [0.3, 0.4) is 0 Å². The van der Waals surface area contributed by atoms with E-state index < -0.39 is 12.1 Å². The molecule has 1 aromatic heterocycles. The molecule has 41 heavy (non-hydrogen) atoms. The summed E-state index contributed by atoms with van der Waals surface area (Å²) >= 11 is 1.65. The van der Waals surface area contributed by atoms with Crippen molar-refractivity contribution in [3.05, 3.63) is 35.2 Å². The SMILES string of the molecule is CC(C)[C@H]1CN(C(=O)[C@@H](NC(=O)c2ccc(-c3csc(N4CCN(C)CC4)n3)cc2)C2CCCC2)[C@@H]2C(=O)CO[C@H]12. The Kier molecular flexibility index (Phi) is 8.16. The first-order chi connectivity index (χ1) is 19.8. The van der Waals surface area contributed by atoms with Crippen molar-refractivity contribution in [3.63, 3.8) is 0 Å². The number of hydrogen-bond donors (Lipinski definition) is 1. The molecule has 3 aliphatic heterocycles. The zero-order chi connectivity index (χ0) is 28.7. The predicted molar refractivity (Wildman–Crippen MR) is 159 cm³/mol. The molecule has 0 spiro atoms. The van der Waals surface area contributed by atoms with Crippen molar-refractivity contribution >= 4 is 34.1 Å². The molecular formula is C31H41N5O4S. The average molecular weight is 580 g/mol. The van der Waals surface area contributed by atoms with E-state index in [0.29, 0.717) is 18.0 Å². The Balaban J connectivity index is 1.16. The number of rotatable bonds is 7. The average Bonchev–Trinajstić information content (AvgIpc) is 3.78. The molecular weight excluding hydrogens is 538 g/mol. The summed E-state index contributed by atoms with van der Waals surface area (Å²) in [6.45, 7) is 8.79. The van der Waals surface area contributed by atoms with Crippen LogP contribution >= 0.6 is 11.3 Å². The maximum absolute atomic E-state index is 14.0. The number of Topliss-reactive ketones (excluding diaryl/α,β-unsaturated/α-hetero) is 1. The molecule has 4 atom stereocenters. The van der Waals surface area contributed by atoms with E-state index in [4.69, 9.17) is 9.72 Å². The van der Waals surface area contributed by atoms with E-state index in [-0.39, 0.29) is 42.1 Å². The molecule has 4 fully saturated rings. The second kappa shape index (κ2) is 11.8. The number of fused-ring (bicyclic) bond motifs is 1. The fourth-order valence-corrected chi connectivity index (χ4v) is 7.80. The van der Waals surface area contributed by atoms with Gasteiger partial charge in [0.25, 0.3) is 5.91 Å². The molecule has 1 aliphatic carbocycles. The molecule has 4 aliphatic rings. The number of aromatic nitrogens is 1. The zero-order valence-corrected chi connectivity index (χ0v) is 25.1. The third-order valence-corrected chi connectivity index (χ3v) is 10.4. The standard InChI is InChI=1S/C31H41N5O4S/c1-19(2)23-16-36(27-25(37)17-40-28(23)27)30(39)26(21-6-4-5-7-21)33-29(38)22-10-8-20(9-11-22)24-18-41-31(32-24)35-14-12-34(3)13-15-35/h8-11,18-19,21,23,26-28H,4-7,12-17H2,1-3H3,(H,33,38)/t23-,26+,27-,28-/m1/s1. The summed E-state index contributed by atoms with van der Waals surface area (Å²) in [4.78, 5) is 51.5. The maximum atomic E-state index is 14.0. The number of hydrogen-bond acceptors (Lipinski definition) is 8. The van der Waals surface area contributed by atoms with Crippen LogP contribution in [0, 0.1) is 17.8 Å². The highest BCUT2D eigenvalue weighted by Gasteiger charge is 2.54. The van der Waals surface area contributed by atoms with E-state index in [0.717, 1.165) is 68.3 Å². The van der Waals surface area contributed by atoms with Gasteiger partial charge in [0.05, 0.1) is 11.8 Å². The van der Waals surface area contributed by atoms with Crippen molar-refractivity contribution in [2.24, 2.45) is 17.8 Å². The Labute approximate surface area is 246 Å². The predicted octanol–water partition coefficient (Wildman–Crippen LogP) is 3.30. The summed E-state index contributed by atoms with van der Waals surface area (Å²) in [5.74, 6) is 0.0465. The summed E-state index contributed by atoms with van der Waals surface area (Å²) in [5.41, 5.74) is 2.38. The zero-order valence-electron chi connectivity index (χ0n) is 24.3. The number of likely N-dealkylation sites (N-methyl/N-ethyl adjacent to an activating group) is 1. The van der Waals surface area contributed by atoms with Crippen LogP contribution in [0.1, 0.15) is 49.9 Å². The second-order valence-corrected chi connectivity index (χ2v) is 13.3. The lowest BCUT2D eigenvalue weighted by Crippen LogP contribution is -2.54. The summed E-state index contributed by atoms with van der Waals surface area (Å²) < 4.78 is 5.85. The van der Waals surface area contributed by atoms with Gasteiger partial charge < -0.3 is 24.8 Å². The van der Waals surface area contributed by atoms with Gasteiger partial charge in [-0.25, -0.2) is 4.98 Å². The summed E-state index contributed by atoms with van der Waals surface area (Å²) in [6, 6.07) is 6.29. The van der Waals surface area contributed by atoms with Gasteiger partial charge in [0.15, 0.2) is 10.9 Å². The van der Waals surface area contributed by atoms with Gasteiger partial charge in [0, 0.05) is 55.1 Å². The highest BCUT2D eigenvalue weighted by molar-refractivity contribution is 7.14. The van der Waals surface area contributed by atoms with E-state index in [9.17, 15) is 14.4 Å². The lowest BCUT2D eigenvalue weighted by atomic mass is 9.91. The normalized spacial score (nSPS) is 26.1. The smallest absolute Gasteiger partial charge is 0.251 e. The van der Waals surface area contributed by atoms with E-state index in [2.05, 4.69) is 41.4 Å². The molecule has 0 radical (unpaired) electrons. The highest BCUT2D eigenvalue weighted by atomic mass is 32.1. The van der Waals surface area contributed by atoms with Gasteiger partial charge in [-0.15, -0.1) is 11.3 Å². The van der Waals surface area contributed by atoms with Crippen molar-refractivity contribution < 1.29 is 19.1 Å². The van der Waals surface area contributed by atoms with Crippen LogP contribution in [0.25, 0.3) is 11.3 Å². The molecule has 9 nitrogen and oxygen atoms in total. The van der Waals surface area contributed by atoms with Crippen LogP contribution in [0.2, 0.25) is 0 Å². The number of likely N-dealkylation sites (tertiary alicyclic amines) is 1. The molecule has 220 valence electrons. The number of thiazole rings is 1. The second-order valence-electron chi connectivity index (χ2n) is 12.5. The maximum Gasteiger partial charge on any atom is 0.251 e. The molecule has 1 saturated carbocycles. The molecule has 2 aromatic rings. The van der Waals surface area contributed by atoms with Crippen molar-refractivity contribution in [3.8, 4) is 11.3 Å². The Morgan fingerprint density at radius 1 is 1.07 bits per heavy atom. The minimum atomic E-state index is -0.644. The first-order valence-electron chi connectivity index (χ1n) is 15.0. The lowest BCUT2D eigenvalue weighted by molar-refractivity contribution is -0.139. The Hall–Kier alpha value is -2.82. The summed E-state index contributed by atoms with van der Waals surface area (Å²) in [7, 11) is 2.14. The largest absolute Gasteiger partial charge is 0.367 e. The van der Waals surface area contributed by atoms with Gasteiger partial charge in [-0.05, 0) is 43.9 Å². The number of ketones is 1. The van der Waals surface area contributed by atoms with Crippen LogP contribution in [-0.4, -0.2) is 96.9 Å². The number of amides is 2. The molecule has 6 rings (SSSR count). The number of benzene rings is 1. The minimum Gasteiger partial charge on any atom is -0.367 e. The van der Waals surface area contributed by atoms with Crippen LogP contribution in [0.5, 0.6) is 0 Å². The molecule has 4 heterocycles. The number of carbonyl (C=O) groups excluding carboxylic acids is 3. The van der Waals surface area contributed by atoms with E-state index in [1.165, 1.54) is 0 Å². The van der Waals surface area contributed by atoms with Crippen LogP contribution in [-0.2, 0) is 14.3 Å². The fraction of sp³-hybridized carbons (Fsp3) is 0.613. The molecule has 2 amide bonds. The Bertz CT molecular complexity index is 1270. The van der Waals surface area contributed by atoms with E-state index in [1.807, 2.05) is 24.3 Å². The lowest BCUT2D eigenvalue weighted by Gasteiger charge is -2.32. The number of ether oxygens (including phenoxy) is 1. The number of piperazine rings is 1. The van der Waals surface area contributed by atoms with E-state index >= 15 is 0 Å². The quantitative estimate of drug-likeness (QED) is 0.538. The van der Waals surface area contributed by atoms with Gasteiger partial charge in [-0.2, -0.15) is 0 Å². The molecule has 0 unspecified atom stereocenters. The monoisotopic (exact) mass is 579 g/mol. The van der Waals surface area contributed by atoms with Crippen LogP contribution in [0.15, 0.2) is 29.6 Å². The molecule has 3 saturated heterocycles. The first-order valence-corrected chi connectivity index (χ1v) is 15.9. The molecule has 1 N–H and O–H groups in total. The van der Waals surface area contributed by atoms with Crippen molar-refractivity contribution in [2.45, 2.75) is 57.7 Å². The topological polar surface area (TPSA) is 95.1 Å². The van der Waals surface area contributed by atoms with Gasteiger partial charge in [0.2, 0.25) is 5.91 Å². The Morgan fingerprint density at radius 3 is 2.46 bits per heavy atom. The summed E-state index contributed by atoms with van der Waals surface area (Å²) in [6.07, 6.45) is 3.64. The first kappa shape index (κ1) is 28.3. The number of anilines is 1. The third-order valence-electron chi connectivity index (χ3n) is 9.50. The highest BCUT2D eigenvalue weighted by Crippen LogP contribution is 2.38. The van der Waals surface area contributed by atoms with Crippen LogP contribution in [0.4, 0.5) is 5.13 Å². The Morgan fingerprint density at radius 2 is 1.78 bits per heavy atom. The van der Waals surface area contributed by atoms with Crippen molar-refractivity contribution in [2.75, 3.05) is 51.3 Å². The number of nitrogens with one attached hydrogen (secondary N) is 1. The number of carbonyl (C=O) groups is 3. The van der Waals surface area contributed by atoms with Crippen molar-refractivity contribution in [1.29, 1.82) is 0 Å². The molecule has 0 bridgehead atoms.